The Kier molecular flexibility index (Phi) is 7.76. The van der Waals surface area contributed by atoms with Crippen LogP contribution in [-0.4, -0.2) is 12.1 Å². The van der Waals surface area contributed by atoms with Gasteiger partial charge in [-0.25, -0.2) is 0 Å². The largest absolute Gasteiger partial charge is 0.462 e. The van der Waals surface area contributed by atoms with Crippen molar-refractivity contribution < 1.29 is 9.53 Å². The highest BCUT2D eigenvalue weighted by atomic mass is 16.5. The maximum Gasteiger partial charge on any atom is 0.312 e. The zero-order valence-electron chi connectivity index (χ0n) is 14.9. The number of rotatable bonds is 6. The van der Waals surface area contributed by atoms with Gasteiger partial charge in [0.15, 0.2) is 0 Å². The van der Waals surface area contributed by atoms with Gasteiger partial charge in [-0.2, -0.15) is 0 Å². The normalized spacial score (nSPS) is 22.2. The molecule has 1 saturated carbocycles. The highest BCUT2D eigenvalue weighted by molar-refractivity contribution is 5.77. The Morgan fingerprint density at radius 1 is 1.10 bits per heavy atom. The van der Waals surface area contributed by atoms with E-state index >= 15 is 0 Å². The Balaban J connectivity index is 2.70. The summed E-state index contributed by atoms with van der Waals surface area (Å²) in [4.78, 5) is 12.8. The Morgan fingerprint density at radius 2 is 1.62 bits per heavy atom. The van der Waals surface area contributed by atoms with Gasteiger partial charge in [-0.15, -0.1) is 0 Å². The van der Waals surface area contributed by atoms with Gasteiger partial charge in [0.2, 0.25) is 0 Å². The first-order chi connectivity index (χ1) is 9.90. The average Bonchev–Trinajstić information content (AvgIpc) is 2.39. The lowest BCUT2D eigenvalue weighted by Gasteiger charge is -2.36. The van der Waals surface area contributed by atoms with Crippen LogP contribution in [0.25, 0.3) is 0 Å². The van der Waals surface area contributed by atoms with Gasteiger partial charge in [-0.3, -0.25) is 4.79 Å². The van der Waals surface area contributed by atoms with E-state index < -0.39 is 0 Å². The van der Waals surface area contributed by atoms with Gasteiger partial charge in [0.1, 0.15) is 6.10 Å². The molecule has 0 aromatic heterocycles. The molecule has 124 valence electrons. The van der Waals surface area contributed by atoms with Gasteiger partial charge in [-0.1, -0.05) is 53.4 Å². The van der Waals surface area contributed by atoms with Crippen LogP contribution in [0, 0.1) is 17.3 Å². The van der Waals surface area contributed by atoms with E-state index in [1.807, 2.05) is 0 Å². The second-order valence-electron chi connectivity index (χ2n) is 7.70. The third kappa shape index (κ3) is 5.64. The van der Waals surface area contributed by atoms with Crippen LogP contribution >= 0.6 is 0 Å². The van der Waals surface area contributed by atoms with E-state index in [2.05, 4.69) is 34.6 Å². The SMILES string of the molecule is CCC(C)C(C)(CC(C)C)C(=O)OC1CCCCCCC1. The lowest BCUT2D eigenvalue weighted by Crippen LogP contribution is -2.39. The van der Waals surface area contributed by atoms with Crippen molar-refractivity contribution in [2.75, 3.05) is 0 Å². The van der Waals surface area contributed by atoms with Gasteiger partial charge in [0.05, 0.1) is 5.41 Å². The fourth-order valence-corrected chi connectivity index (χ4v) is 3.61. The number of hydrogen-bond donors (Lipinski definition) is 0. The molecule has 0 radical (unpaired) electrons. The fraction of sp³-hybridized carbons (Fsp3) is 0.947. The topological polar surface area (TPSA) is 26.3 Å². The van der Waals surface area contributed by atoms with E-state index in [1.54, 1.807) is 0 Å². The number of hydrogen-bond acceptors (Lipinski definition) is 2. The molecule has 0 saturated heterocycles. The summed E-state index contributed by atoms with van der Waals surface area (Å²) in [5.74, 6) is 0.950. The summed E-state index contributed by atoms with van der Waals surface area (Å²) < 4.78 is 5.98. The van der Waals surface area contributed by atoms with E-state index in [4.69, 9.17) is 4.74 Å². The van der Waals surface area contributed by atoms with E-state index in [-0.39, 0.29) is 17.5 Å². The standard InChI is InChI=1S/C19H36O2/c1-6-16(4)19(5,14-15(2)3)18(20)21-17-12-10-8-7-9-11-13-17/h15-17H,6-14H2,1-5H3. The number of ether oxygens (including phenoxy) is 1. The lowest BCUT2D eigenvalue weighted by atomic mass is 9.71. The molecule has 2 heteroatoms. The van der Waals surface area contributed by atoms with Crippen molar-refractivity contribution in [1.29, 1.82) is 0 Å². The Bertz CT molecular complexity index is 303. The average molecular weight is 296 g/mol. The van der Waals surface area contributed by atoms with Crippen molar-refractivity contribution in [3.8, 4) is 0 Å². The van der Waals surface area contributed by atoms with Crippen LogP contribution in [0.4, 0.5) is 0 Å². The molecular weight excluding hydrogens is 260 g/mol. The molecule has 2 nitrogen and oxygen atoms in total. The van der Waals surface area contributed by atoms with E-state index in [0.717, 1.165) is 25.7 Å². The zero-order valence-corrected chi connectivity index (χ0v) is 14.9. The first-order valence-corrected chi connectivity index (χ1v) is 9.11. The maximum absolute atomic E-state index is 12.8. The quantitative estimate of drug-likeness (QED) is 0.584. The van der Waals surface area contributed by atoms with Crippen LogP contribution < -0.4 is 0 Å². The summed E-state index contributed by atoms with van der Waals surface area (Å²) in [7, 11) is 0. The second kappa shape index (κ2) is 8.80. The van der Waals surface area contributed by atoms with Gasteiger partial charge >= 0.3 is 5.97 Å². The predicted molar refractivity (Wildman–Crippen MR) is 89.2 cm³/mol. The summed E-state index contributed by atoms with van der Waals surface area (Å²) in [6, 6.07) is 0. The van der Waals surface area contributed by atoms with Crippen LogP contribution in [-0.2, 0) is 9.53 Å². The fourth-order valence-electron chi connectivity index (χ4n) is 3.61. The smallest absolute Gasteiger partial charge is 0.312 e. The van der Waals surface area contributed by atoms with Crippen LogP contribution in [0.3, 0.4) is 0 Å². The molecule has 2 atom stereocenters. The van der Waals surface area contributed by atoms with Crippen molar-refractivity contribution in [2.24, 2.45) is 17.3 Å². The minimum atomic E-state index is -0.328. The summed E-state index contributed by atoms with van der Waals surface area (Å²) >= 11 is 0. The van der Waals surface area contributed by atoms with Crippen LogP contribution in [0.1, 0.15) is 92.4 Å². The molecule has 0 aromatic rings. The summed E-state index contributed by atoms with van der Waals surface area (Å²) in [5, 5.41) is 0. The number of carbonyl (C=O) groups excluding carboxylic acids is 1. The molecule has 21 heavy (non-hydrogen) atoms. The molecule has 0 spiro atoms. The molecule has 0 amide bonds. The van der Waals surface area contributed by atoms with Gasteiger partial charge < -0.3 is 4.74 Å². The zero-order chi connectivity index (χ0) is 15.9. The highest BCUT2D eigenvalue weighted by Crippen LogP contribution is 2.38. The van der Waals surface area contributed by atoms with Crippen LogP contribution in [0.2, 0.25) is 0 Å². The first kappa shape index (κ1) is 18.5. The summed E-state index contributed by atoms with van der Waals surface area (Å²) in [6.45, 7) is 10.9. The van der Waals surface area contributed by atoms with Crippen LogP contribution in [0.15, 0.2) is 0 Å². The van der Waals surface area contributed by atoms with Gasteiger partial charge in [-0.05, 0) is 50.9 Å². The molecule has 0 aliphatic heterocycles. The Morgan fingerprint density at radius 3 is 2.10 bits per heavy atom. The molecule has 0 bridgehead atoms. The molecule has 1 aliphatic carbocycles. The molecule has 1 fully saturated rings. The number of carbonyl (C=O) groups is 1. The molecule has 0 heterocycles. The van der Waals surface area contributed by atoms with E-state index in [1.165, 1.54) is 32.1 Å². The van der Waals surface area contributed by atoms with Crippen molar-refractivity contribution in [2.45, 2.75) is 98.5 Å². The molecular formula is C19H36O2. The van der Waals surface area contributed by atoms with Crippen LogP contribution in [0.5, 0.6) is 0 Å². The predicted octanol–water partition coefficient (Wildman–Crippen LogP) is 5.74. The Labute approximate surface area is 132 Å². The van der Waals surface area contributed by atoms with Crippen molar-refractivity contribution in [3.05, 3.63) is 0 Å². The van der Waals surface area contributed by atoms with Gasteiger partial charge in [0.25, 0.3) is 0 Å². The monoisotopic (exact) mass is 296 g/mol. The number of esters is 1. The maximum atomic E-state index is 12.8. The lowest BCUT2D eigenvalue weighted by molar-refractivity contribution is -0.166. The third-order valence-electron chi connectivity index (χ3n) is 5.32. The van der Waals surface area contributed by atoms with E-state index in [9.17, 15) is 4.79 Å². The molecule has 2 unspecified atom stereocenters. The molecule has 0 N–H and O–H groups in total. The minimum absolute atomic E-state index is 0.0520. The van der Waals surface area contributed by atoms with E-state index in [0.29, 0.717) is 11.8 Å². The van der Waals surface area contributed by atoms with Crippen molar-refractivity contribution >= 4 is 5.97 Å². The second-order valence-corrected chi connectivity index (χ2v) is 7.70. The summed E-state index contributed by atoms with van der Waals surface area (Å²) in [6.07, 6.45) is 10.6. The third-order valence-corrected chi connectivity index (χ3v) is 5.32. The van der Waals surface area contributed by atoms with Crippen molar-refractivity contribution in [3.63, 3.8) is 0 Å². The van der Waals surface area contributed by atoms with Crippen molar-refractivity contribution in [1.82, 2.24) is 0 Å². The highest BCUT2D eigenvalue weighted by Gasteiger charge is 2.40. The summed E-state index contributed by atoms with van der Waals surface area (Å²) in [5.41, 5.74) is -0.328. The minimum Gasteiger partial charge on any atom is -0.462 e. The van der Waals surface area contributed by atoms with Gasteiger partial charge in [0, 0.05) is 0 Å². The molecule has 1 aliphatic rings. The molecule has 1 rings (SSSR count). The first-order valence-electron chi connectivity index (χ1n) is 9.11. The Hall–Kier alpha value is -0.530. The molecule has 0 aromatic carbocycles.